The smallest absolute Gasteiger partial charge is 0.179 e. The number of halogens is 1. The highest BCUT2D eigenvalue weighted by Gasteiger charge is 2.44. The number of thiophene rings is 2. The Hall–Kier alpha value is -14.8. The minimum atomic E-state index is -2.94. The van der Waals surface area contributed by atoms with Crippen LogP contribution in [0.15, 0.2) is 490 Å². The van der Waals surface area contributed by atoms with Gasteiger partial charge in [-0.25, -0.2) is 0 Å². The summed E-state index contributed by atoms with van der Waals surface area (Å²) in [7, 11) is -5.55. The van der Waals surface area contributed by atoms with Crippen LogP contribution in [0.4, 0.5) is 0 Å². The van der Waals surface area contributed by atoms with Crippen LogP contribution in [0.2, 0.25) is 0 Å². The molecule has 0 spiro atoms. The molecule has 0 unspecified atom stereocenters. The summed E-state index contributed by atoms with van der Waals surface area (Å²) in [6, 6.07) is 180. The van der Waals surface area contributed by atoms with Crippen molar-refractivity contribution in [2.24, 2.45) is 0 Å². The molecule has 0 atom stereocenters. The van der Waals surface area contributed by atoms with E-state index >= 15 is 0 Å². The van der Waals surface area contributed by atoms with Crippen LogP contribution < -0.4 is 41.5 Å². The van der Waals surface area contributed by atoms with Crippen molar-refractivity contribution in [3.8, 4) is 50.4 Å². The summed E-state index contributed by atoms with van der Waals surface area (Å²) in [6.45, 7) is 0. The largest absolute Gasteiger partial charge is 0.309 e. The molecule has 1 aliphatic carbocycles. The lowest BCUT2D eigenvalue weighted by molar-refractivity contribution is 1.17. The van der Waals surface area contributed by atoms with Crippen molar-refractivity contribution in [3.63, 3.8) is 0 Å². The molecule has 20 aromatic carbocycles. The summed E-state index contributed by atoms with van der Waals surface area (Å²) in [6.07, 6.45) is 1.04. The van der Waals surface area contributed by atoms with E-state index in [4.69, 9.17) is 0 Å². The van der Waals surface area contributed by atoms with Crippen LogP contribution in [-0.2, 0) is 6.42 Å². The van der Waals surface area contributed by atoms with Crippen LogP contribution >= 0.6 is 38.6 Å². The molecule has 5 heterocycles. The van der Waals surface area contributed by atoms with E-state index in [9.17, 15) is 0 Å². The quantitative estimate of drug-likeness (QED) is 0.0807. The summed E-state index contributed by atoms with van der Waals surface area (Å²) < 4.78 is 13.7. The van der Waals surface area contributed by atoms with Crippen molar-refractivity contribution in [1.29, 1.82) is 0 Å². The fraction of sp³-hybridized carbons (Fsp3) is 0.0164. The van der Waals surface area contributed by atoms with E-state index in [1.807, 2.05) is 22.7 Å². The molecule has 130 heavy (non-hydrogen) atoms. The summed E-state index contributed by atoms with van der Waals surface area (Å²) in [5, 5.41) is 23.8. The van der Waals surface area contributed by atoms with E-state index in [0.717, 1.165) is 22.3 Å². The van der Waals surface area contributed by atoms with Gasteiger partial charge < -0.3 is 13.7 Å². The van der Waals surface area contributed by atoms with E-state index in [-0.39, 0.29) is 7.43 Å². The molecule has 0 saturated heterocycles. The van der Waals surface area contributed by atoms with Crippen molar-refractivity contribution in [1.82, 2.24) is 13.7 Å². The Morgan fingerprint density at radius 3 is 0.962 bits per heavy atom. The summed E-state index contributed by atoms with van der Waals surface area (Å²) in [4.78, 5) is 0. The third kappa shape index (κ3) is 13.5. The molecule has 3 nitrogen and oxygen atoms in total. The Morgan fingerprint density at radius 1 is 0.192 bits per heavy atom. The summed E-state index contributed by atoms with van der Waals surface area (Å²) in [5.41, 5.74) is 21.5. The van der Waals surface area contributed by atoms with Crippen molar-refractivity contribution in [3.05, 3.63) is 501 Å². The lowest BCUT2D eigenvalue weighted by atomic mass is 10.0. The third-order valence-corrected chi connectivity index (χ3v) is 39.1. The average molecular weight is 1790 g/mol. The van der Waals surface area contributed by atoms with Gasteiger partial charge in [-0.3, -0.25) is 0 Å². The molecule has 0 N–H and O–H groups in total. The van der Waals surface area contributed by atoms with Crippen LogP contribution in [0.3, 0.4) is 0 Å². The first-order chi connectivity index (χ1) is 63.9. The van der Waals surface area contributed by atoms with Gasteiger partial charge >= 0.3 is 0 Å². The highest BCUT2D eigenvalue weighted by molar-refractivity contribution is 9.10. The second-order valence-electron chi connectivity index (χ2n) is 33.8. The predicted molar refractivity (Wildman–Crippen MR) is 569 cm³/mol. The van der Waals surface area contributed by atoms with Gasteiger partial charge in [-0.2, -0.15) is 0 Å². The van der Waals surface area contributed by atoms with Crippen LogP contribution in [-0.4, -0.2) is 29.8 Å². The lowest BCUT2D eigenvalue weighted by Gasteiger charge is -2.35. The molecule has 25 aromatic rings. The maximum absolute atomic E-state index is 3.79. The number of aromatic nitrogens is 3. The number of rotatable bonds is 13. The number of para-hydroxylation sites is 5. The first-order valence-electron chi connectivity index (χ1n) is 44.2. The number of fused-ring (bicyclic) bond motifs is 18. The molecular formula is C122H86BrN3S2Si2. The summed E-state index contributed by atoms with van der Waals surface area (Å²) in [5.74, 6) is 0. The van der Waals surface area contributed by atoms with E-state index in [2.05, 4.69) is 515 Å². The van der Waals surface area contributed by atoms with Gasteiger partial charge in [0, 0.05) is 94.2 Å². The second kappa shape index (κ2) is 33.4. The van der Waals surface area contributed by atoms with Gasteiger partial charge in [0.2, 0.25) is 0 Å². The molecule has 616 valence electrons. The van der Waals surface area contributed by atoms with Gasteiger partial charge in [0.05, 0.1) is 33.1 Å². The third-order valence-electron chi connectivity index (χ3n) is 26.7. The van der Waals surface area contributed by atoms with Crippen LogP contribution in [0.25, 0.3) is 156 Å². The Bertz CT molecular complexity index is 8460. The number of hydrogen-bond donors (Lipinski definition) is 0. The number of nitrogens with zero attached hydrogens (tertiary/aromatic N) is 3. The molecular weight excluding hydrogens is 1710 g/mol. The molecule has 0 amide bonds. The van der Waals surface area contributed by atoms with Crippen molar-refractivity contribution >= 4 is 202 Å². The zero-order chi connectivity index (χ0) is 85.5. The Labute approximate surface area is 774 Å². The topological polar surface area (TPSA) is 14.8 Å². The van der Waals surface area contributed by atoms with E-state index in [1.54, 1.807) is 0 Å². The first kappa shape index (κ1) is 79.8. The highest BCUT2D eigenvalue weighted by atomic mass is 79.9. The van der Waals surface area contributed by atoms with Gasteiger partial charge in [0.25, 0.3) is 0 Å². The fourth-order valence-electron chi connectivity index (χ4n) is 21.1. The normalized spacial score (nSPS) is 11.9. The molecule has 0 fully saturated rings. The zero-order valence-electron chi connectivity index (χ0n) is 70.4. The van der Waals surface area contributed by atoms with Gasteiger partial charge in [0.1, 0.15) is 0 Å². The molecule has 8 heteroatoms. The van der Waals surface area contributed by atoms with Gasteiger partial charge in [-0.15, -0.1) is 22.7 Å². The predicted octanol–water partition coefficient (Wildman–Crippen LogP) is 28.1. The standard InChI is InChI=1S/C60H40N2SSi.C36H25BrSSi.C25H17N.CH4/c1-3-19-45(20-4-1)64(46-21-5-2-6-22-46,47-23-15-17-41(37-47)42-33-36-60-54(38-42)52-28-10-14-32-59(52)63-60)48-24-16-18-43(39-48)61-57-31-13-9-27-51(57)53-40-44(34-35-58(53)61)62-55-29-11-7-25-49(55)50-26-8-12-30-56(50)62;37-28-12-10-18-32(25-28)39(29-13-3-1-4-14-29,30-15-5-2-6-16-30)31-17-9-11-26(23-31)27-21-22-36-34(24-27)33-19-7-8-20-35(33)38-36;1-2-8-20-17(7-1)15-18-13-14-19(16-23(18)20)26-24-11-5-3-9-21(24)22-10-4-6-12-25(22)26;/h1-40H;1-25H;1-14,16H,15H2;1H4. The second-order valence-corrected chi connectivity index (χ2v) is 44.5. The average Bonchev–Trinajstić information content (AvgIpc) is 1.20. The molecule has 0 aliphatic heterocycles. The van der Waals surface area contributed by atoms with E-state index in [0.29, 0.717) is 0 Å². The van der Waals surface area contributed by atoms with Gasteiger partial charge in [-0.1, -0.05) is 387 Å². The molecule has 0 saturated carbocycles. The molecule has 1 aliphatic rings. The SMILES string of the molecule is Brc1cccc([Si](c2ccccc2)(c2ccccc2)c2cccc(-c3ccc4sc5ccccc5c4c3)c2)c1.C.c1ccc([Si](c2ccccc2)(c2cccc(-c3ccc4sc5ccccc5c4c3)c2)c2cccc(-n3c4ccccc4c4cc(-n5c6ccccc6c6ccccc65)ccc43)c2)cc1.c1ccc2c(c1)Cc1ccc(-n3c4ccccc4c4ccccc43)cc1-2. The molecule has 26 rings (SSSR count). The molecule has 0 bridgehead atoms. The lowest BCUT2D eigenvalue weighted by Crippen LogP contribution is -2.74. The maximum atomic E-state index is 3.79. The molecule has 0 radical (unpaired) electrons. The zero-order valence-corrected chi connectivity index (χ0v) is 75.7. The van der Waals surface area contributed by atoms with Crippen molar-refractivity contribution in [2.75, 3.05) is 0 Å². The maximum Gasteiger partial charge on any atom is 0.179 e. The van der Waals surface area contributed by atoms with Crippen molar-refractivity contribution < 1.29 is 0 Å². The fourth-order valence-corrected chi connectivity index (χ4v) is 33.5. The van der Waals surface area contributed by atoms with Crippen LogP contribution in [0.1, 0.15) is 18.6 Å². The minimum absolute atomic E-state index is 0. The Kier molecular flexibility index (Phi) is 20.5. The molecule has 5 aromatic heterocycles. The van der Waals surface area contributed by atoms with Crippen LogP contribution in [0.5, 0.6) is 0 Å². The Morgan fingerprint density at radius 2 is 0.508 bits per heavy atom. The summed E-state index contributed by atoms with van der Waals surface area (Å²) >= 11 is 7.52. The highest BCUT2D eigenvalue weighted by Crippen LogP contribution is 2.44. The van der Waals surface area contributed by atoms with Crippen molar-refractivity contribution in [2.45, 2.75) is 13.8 Å². The van der Waals surface area contributed by atoms with E-state index in [1.165, 1.54) is 197 Å². The van der Waals surface area contributed by atoms with Gasteiger partial charge in [0.15, 0.2) is 16.1 Å². The number of hydrogen-bond acceptors (Lipinski definition) is 2. The Balaban J connectivity index is 0.000000123. The monoisotopic (exact) mass is 1790 g/mol. The van der Waals surface area contributed by atoms with Gasteiger partial charge in [-0.05, 0) is 214 Å². The minimum Gasteiger partial charge on any atom is -0.309 e. The van der Waals surface area contributed by atoms with Crippen LogP contribution in [0, 0.1) is 0 Å². The first-order valence-corrected chi connectivity index (χ1v) is 50.7. The number of benzene rings is 20. The van der Waals surface area contributed by atoms with E-state index < -0.39 is 16.1 Å².